The number of hydrogen-bond acceptors (Lipinski definition) is 1. The summed E-state index contributed by atoms with van der Waals surface area (Å²) in [5.41, 5.74) is 14.7. The predicted molar refractivity (Wildman–Crippen MR) is 216 cm³/mol. The van der Waals surface area contributed by atoms with Gasteiger partial charge in [0.1, 0.15) is 0 Å². The maximum absolute atomic E-state index is 2.54. The Bertz CT molecular complexity index is 2720. The van der Waals surface area contributed by atoms with Crippen LogP contribution in [0.15, 0.2) is 182 Å². The molecular formula is C49H36N2. The number of rotatable bonds is 5. The van der Waals surface area contributed by atoms with Crippen LogP contribution in [0.3, 0.4) is 0 Å². The van der Waals surface area contributed by atoms with E-state index >= 15 is 0 Å². The van der Waals surface area contributed by atoms with E-state index in [-0.39, 0.29) is 5.41 Å². The maximum atomic E-state index is 2.54. The van der Waals surface area contributed by atoms with E-state index in [0.717, 1.165) is 17.1 Å². The minimum Gasteiger partial charge on any atom is -0.310 e. The molecule has 51 heavy (non-hydrogen) atoms. The van der Waals surface area contributed by atoms with Crippen LogP contribution in [0.25, 0.3) is 60.5 Å². The summed E-state index contributed by atoms with van der Waals surface area (Å²) in [6, 6.07) is 66.6. The van der Waals surface area contributed by atoms with Crippen LogP contribution in [0.2, 0.25) is 0 Å². The Hall–Kier alpha value is -6.38. The molecule has 1 aromatic heterocycles. The average molecular weight is 653 g/mol. The summed E-state index contributed by atoms with van der Waals surface area (Å²) < 4.78 is 2.54. The van der Waals surface area contributed by atoms with Crippen molar-refractivity contribution in [2.24, 2.45) is 0 Å². The molecule has 0 bridgehead atoms. The predicted octanol–water partition coefficient (Wildman–Crippen LogP) is 13.4. The fourth-order valence-electron chi connectivity index (χ4n) is 8.56. The third-order valence-electron chi connectivity index (χ3n) is 10.9. The maximum Gasteiger partial charge on any atom is 0.0625 e. The van der Waals surface area contributed by atoms with Gasteiger partial charge in [-0.2, -0.15) is 0 Å². The van der Waals surface area contributed by atoms with E-state index < -0.39 is 0 Å². The molecule has 0 aliphatic heterocycles. The van der Waals surface area contributed by atoms with E-state index in [1.807, 2.05) is 0 Å². The molecule has 0 spiro atoms. The van der Waals surface area contributed by atoms with Crippen molar-refractivity contribution in [2.45, 2.75) is 19.3 Å². The molecule has 2 nitrogen and oxygen atoms in total. The van der Waals surface area contributed by atoms with E-state index in [0.29, 0.717) is 0 Å². The second kappa shape index (κ2) is 11.3. The Morgan fingerprint density at radius 3 is 1.82 bits per heavy atom. The van der Waals surface area contributed by atoms with Crippen LogP contribution in [-0.2, 0) is 5.41 Å². The van der Waals surface area contributed by atoms with Crippen LogP contribution in [-0.4, -0.2) is 4.57 Å². The quantitative estimate of drug-likeness (QED) is 0.180. The van der Waals surface area contributed by atoms with Gasteiger partial charge in [0.25, 0.3) is 0 Å². The molecule has 0 N–H and O–H groups in total. The first-order valence-corrected chi connectivity index (χ1v) is 17.8. The molecular weight excluding hydrogens is 617 g/mol. The van der Waals surface area contributed by atoms with Gasteiger partial charge in [-0.05, 0) is 93.4 Å². The van der Waals surface area contributed by atoms with Gasteiger partial charge in [0.15, 0.2) is 0 Å². The summed E-state index contributed by atoms with van der Waals surface area (Å²) >= 11 is 0. The fourth-order valence-corrected chi connectivity index (χ4v) is 8.56. The van der Waals surface area contributed by atoms with Crippen molar-refractivity contribution in [1.82, 2.24) is 4.57 Å². The first-order valence-electron chi connectivity index (χ1n) is 17.8. The Morgan fingerprint density at radius 1 is 0.451 bits per heavy atom. The third kappa shape index (κ3) is 4.50. The summed E-state index contributed by atoms with van der Waals surface area (Å²) in [7, 11) is 0. The molecule has 1 aliphatic rings. The Labute approximate surface area is 298 Å². The van der Waals surface area contributed by atoms with Gasteiger partial charge in [-0.25, -0.2) is 0 Å². The second-order valence-electron chi connectivity index (χ2n) is 14.2. The average Bonchev–Trinajstić information content (AvgIpc) is 3.64. The summed E-state index contributed by atoms with van der Waals surface area (Å²) in [6.07, 6.45) is 0. The molecule has 242 valence electrons. The van der Waals surface area contributed by atoms with Gasteiger partial charge in [-0.15, -0.1) is 0 Å². The Kier molecular flexibility index (Phi) is 6.56. The smallest absolute Gasteiger partial charge is 0.0625 e. The van der Waals surface area contributed by atoms with Gasteiger partial charge in [0.05, 0.1) is 11.0 Å². The van der Waals surface area contributed by atoms with Crippen LogP contribution >= 0.6 is 0 Å². The lowest BCUT2D eigenvalue weighted by atomic mass is 9.82. The van der Waals surface area contributed by atoms with Crippen molar-refractivity contribution in [3.63, 3.8) is 0 Å². The van der Waals surface area contributed by atoms with E-state index in [4.69, 9.17) is 0 Å². The van der Waals surface area contributed by atoms with Crippen LogP contribution in [0.1, 0.15) is 25.0 Å². The number of hydrogen-bond donors (Lipinski definition) is 0. The molecule has 0 atom stereocenters. The first kappa shape index (κ1) is 29.5. The number of aromatic nitrogens is 1. The van der Waals surface area contributed by atoms with E-state index in [9.17, 15) is 0 Å². The summed E-state index contributed by atoms with van der Waals surface area (Å²) in [5, 5.41) is 4.99. The summed E-state index contributed by atoms with van der Waals surface area (Å²) in [4.78, 5) is 2.36. The molecule has 0 unspecified atom stereocenters. The van der Waals surface area contributed by atoms with Gasteiger partial charge in [-0.1, -0.05) is 141 Å². The van der Waals surface area contributed by atoms with E-state index in [2.05, 4.69) is 205 Å². The molecule has 1 heterocycles. The molecule has 0 saturated carbocycles. The molecule has 8 aromatic carbocycles. The second-order valence-corrected chi connectivity index (χ2v) is 14.2. The number of para-hydroxylation sites is 2. The minimum absolute atomic E-state index is 0.111. The van der Waals surface area contributed by atoms with Crippen molar-refractivity contribution in [3.05, 3.63) is 193 Å². The topological polar surface area (TPSA) is 8.17 Å². The molecule has 0 saturated heterocycles. The molecule has 10 rings (SSSR count). The highest BCUT2D eigenvalue weighted by atomic mass is 15.1. The van der Waals surface area contributed by atoms with Gasteiger partial charge in [0.2, 0.25) is 0 Å². The zero-order valence-electron chi connectivity index (χ0n) is 28.7. The lowest BCUT2D eigenvalue weighted by Gasteiger charge is -2.26. The normalized spacial score (nSPS) is 13.1. The van der Waals surface area contributed by atoms with Gasteiger partial charge < -0.3 is 9.47 Å². The minimum atomic E-state index is -0.111. The lowest BCUT2D eigenvalue weighted by Crippen LogP contribution is -2.15. The van der Waals surface area contributed by atoms with Crippen LogP contribution in [0.4, 0.5) is 17.1 Å². The molecule has 0 amide bonds. The van der Waals surface area contributed by atoms with Crippen molar-refractivity contribution in [3.8, 4) is 27.9 Å². The van der Waals surface area contributed by atoms with Gasteiger partial charge in [-0.3, -0.25) is 0 Å². The first-order chi connectivity index (χ1) is 25.1. The SMILES string of the molecule is CC1(C)c2ccccc2-c2ccc(-n3c4cc(N(c5ccccc5)c5ccccc5)ccc4c4c(-c5ccccc5)cc5ccccc5c43)cc21. The van der Waals surface area contributed by atoms with Crippen LogP contribution < -0.4 is 4.90 Å². The summed E-state index contributed by atoms with van der Waals surface area (Å²) in [5.74, 6) is 0. The zero-order valence-corrected chi connectivity index (χ0v) is 28.7. The molecule has 1 aliphatic carbocycles. The van der Waals surface area contributed by atoms with Crippen molar-refractivity contribution in [1.29, 1.82) is 0 Å². The Morgan fingerprint density at radius 2 is 1.08 bits per heavy atom. The van der Waals surface area contributed by atoms with Crippen molar-refractivity contribution in [2.75, 3.05) is 4.90 Å². The van der Waals surface area contributed by atoms with Gasteiger partial charge in [0, 0.05) is 44.3 Å². The van der Waals surface area contributed by atoms with E-state index in [1.165, 1.54) is 71.6 Å². The van der Waals surface area contributed by atoms with Crippen LogP contribution in [0.5, 0.6) is 0 Å². The molecule has 9 aromatic rings. The number of anilines is 3. The van der Waals surface area contributed by atoms with Gasteiger partial charge >= 0.3 is 0 Å². The largest absolute Gasteiger partial charge is 0.310 e. The highest BCUT2D eigenvalue weighted by Crippen LogP contribution is 2.50. The highest BCUT2D eigenvalue weighted by molar-refractivity contribution is 6.24. The third-order valence-corrected chi connectivity index (χ3v) is 10.9. The Balaban J connectivity index is 1.33. The zero-order chi connectivity index (χ0) is 34.1. The van der Waals surface area contributed by atoms with Crippen molar-refractivity contribution < 1.29 is 0 Å². The number of fused-ring (bicyclic) bond motifs is 8. The standard InChI is InChI=1S/C49H36N2/c1-49(2)44-25-15-14-24-40(44)41-28-26-37(31-45(41)49)51-46-32-38(50(35-19-8-4-9-20-35)36-21-10-5-11-22-36)27-29-42(46)47-43(33-16-6-3-7-17-33)30-34-18-12-13-23-39(34)48(47)51/h3-32H,1-2H3. The molecule has 0 radical (unpaired) electrons. The lowest BCUT2D eigenvalue weighted by molar-refractivity contribution is 0.660. The summed E-state index contributed by atoms with van der Waals surface area (Å²) in [6.45, 7) is 4.73. The van der Waals surface area contributed by atoms with Crippen LogP contribution in [0, 0.1) is 0 Å². The number of nitrogens with zero attached hydrogens (tertiary/aromatic N) is 2. The monoisotopic (exact) mass is 652 g/mol. The molecule has 0 fully saturated rings. The number of benzene rings is 8. The van der Waals surface area contributed by atoms with Crippen molar-refractivity contribution >= 4 is 49.6 Å². The molecule has 2 heteroatoms. The fraction of sp³-hybridized carbons (Fsp3) is 0.0612. The van der Waals surface area contributed by atoms with E-state index in [1.54, 1.807) is 0 Å². The highest BCUT2D eigenvalue weighted by Gasteiger charge is 2.35.